The highest BCUT2D eigenvalue weighted by atomic mass is 19.1. The fraction of sp³-hybridized carbons (Fsp3) is 0.231. The molecule has 0 radical (unpaired) electrons. The SMILES string of the molecule is Cc1cnc(COc2ccc(F)nc2)c(C)c1[N+](=O)[O-]. The number of aromatic nitrogens is 2. The normalized spacial score (nSPS) is 10.3. The molecule has 104 valence electrons. The Bertz CT molecular complexity index is 644. The average molecular weight is 277 g/mol. The topological polar surface area (TPSA) is 78.2 Å². The number of aryl methyl sites for hydroxylation is 1. The van der Waals surface area contributed by atoms with Gasteiger partial charge in [-0.2, -0.15) is 4.39 Å². The van der Waals surface area contributed by atoms with Gasteiger partial charge in [-0.05, 0) is 26.0 Å². The summed E-state index contributed by atoms with van der Waals surface area (Å²) in [5, 5.41) is 11.0. The number of halogens is 1. The summed E-state index contributed by atoms with van der Waals surface area (Å²) in [6.45, 7) is 3.31. The van der Waals surface area contributed by atoms with Crippen LogP contribution in [0.5, 0.6) is 5.75 Å². The van der Waals surface area contributed by atoms with Crippen LogP contribution in [-0.4, -0.2) is 14.9 Å². The second kappa shape index (κ2) is 5.60. The molecule has 0 bridgehead atoms. The molecule has 6 nitrogen and oxygen atoms in total. The van der Waals surface area contributed by atoms with E-state index in [-0.39, 0.29) is 12.3 Å². The highest BCUT2D eigenvalue weighted by Gasteiger charge is 2.18. The van der Waals surface area contributed by atoms with Crippen LogP contribution in [0, 0.1) is 29.9 Å². The summed E-state index contributed by atoms with van der Waals surface area (Å²) in [7, 11) is 0. The van der Waals surface area contributed by atoms with E-state index in [9.17, 15) is 14.5 Å². The quantitative estimate of drug-likeness (QED) is 0.487. The van der Waals surface area contributed by atoms with E-state index >= 15 is 0 Å². The van der Waals surface area contributed by atoms with Gasteiger partial charge in [-0.1, -0.05) is 0 Å². The van der Waals surface area contributed by atoms with Crippen molar-refractivity contribution >= 4 is 5.69 Å². The number of nitrogens with zero attached hydrogens (tertiary/aromatic N) is 3. The lowest BCUT2D eigenvalue weighted by Crippen LogP contribution is -2.05. The molecule has 0 saturated carbocycles. The molecule has 0 aliphatic rings. The smallest absolute Gasteiger partial charge is 0.278 e. The zero-order chi connectivity index (χ0) is 14.7. The second-order valence-corrected chi connectivity index (χ2v) is 4.22. The van der Waals surface area contributed by atoms with Gasteiger partial charge < -0.3 is 4.74 Å². The minimum atomic E-state index is -0.599. The molecule has 0 amide bonds. The molecule has 7 heteroatoms. The third kappa shape index (κ3) is 2.87. The van der Waals surface area contributed by atoms with E-state index in [0.29, 0.717) is 22.6 Å². The van der Waals surface area contributed by atoms with Gasteiger partial charge in [-0.15, -0.1) is 0 Å². The molecule has 0 fully saturated rings. The first kappa shape index (κ1) is 13.9. The van der Waals surface area contributed by atoms with Crippen molar-refractivity contribution < 1.29 is 14.1 Å². The van der Waals surface area contributed by atoms with Crippen LogP contribution >= 0.6 is 0 Å². The first-order valence-electron chi connectivity index (χ1n) is 5.83. The number of hydrogen-bond acceptors (Lipinski definition) is 5. The van der Waals surface area contributed by atoms with Crippen molar-refractivity contribution in [3.8, 4) is 5.75 Å². The molecule has 2 heterocycles. The second-order valence-electron chi connectivity index (χ2n) is 4.22. The van der Waals surface area contributed by atoms with E-state index in [1.54, 1.807) is 13.8 Å². The van der Waals surface area contributed by atoms with Crippen molar-refractivity contribution in [2.75, 3.05) is 0 Å². The molecule has 0 aliphatic carbocycles. The van der Waals surface area contributed by atoms with Crippen molar-refractivity contribution in [2.45, 2.75) is 20.5 Å². The molecule has 0 N–H and O–H groups in total. The Morgan fingerprint density at radius 3 is 2.65 bits per heavy atom. The van der Waals surface area contributed by atoms with E-state index in [1.807, 2.05) is 0 Å². The van der Waals surface area contributed by atoms with Gasteiger partial charge in [0.15, 0.2) is 0 Å². The van der Waals surface area contributed by atoms with E-state index < -0.39 is 10.9 Å². The fourth-order valence-electron chi connectivity index (χ4n) is 1.79. The Kier molecular flexibility index (Phi) is 3.88. The first-order chi connectivity index (χ1) is 9.49. The highest BCUT2D eigenvalue weighted by Crippen LogP contribution is 2.24. The van der Waals surface area contributed by atoms with Gasteiger partial charge in [-0.3, -0.25) is 15.1 Å². The molecule has 0 aromatic carbocycles. The number of nitro groups is 1. The molecule has 0 spiro atoms. The molecule has 2 aromatic heterocycles. The molecular formula is C13H12FN3O3. The third-order valence-electron chi connectivity index (χ3n) is 2.83. The van der Waals surface area contributed by atoms with Crippen molar-refractivity contribution in [2.24, 2.45) is 0 Å². The summed E-state index contributed by atoms with van der Waals surface area (Å²) in [5.41, 5.74) is 1.47. The zero-order valence-corrected chi connectivity index (χ0v) is 11.0. The molecule has 0 aliphatic heterocycles. The van der Waals surface area contributed by atoms with Gasteiger partial charge in [0.2, 0.25) is 5.95 Å². The monoisotopic (exact) mass is 277 g/mol. The van der Waals surface area contributed by atoms with Crippen molar-refractivity contribution in [3.05, 3.63) is 57.4 Å². The first-order valence-corrected chi connectivity index (χ1v) is 5.83. The van der Waals surface area contributed by atoms with Crippen LogP contribution in [0.15, 0.2) is 24.5 Å². The Labute approximate surface area is 114 Å². The van der Waals surface area contributed by atoms with Gasteiger partial charge >= 0.3 is 0 Å². The summed E-state index contributed by atoms with van der Waals surface area (Å²) in [4.78, 5) is 18.1. The summed E-state index contributed by atoms with van der Waals surface area (Å²) in [6.07, 6.45) is 2.68. The number of pyridine rings is 2. The van der Waals surface area contributed by atoms with Crippen LogP contribution in [0.4, 0.5) is 10.1 Å². The third-order valence-corrected chi connectivity index (χ3v) is 2.83. The molecule has 0 saturated heterocycles. The van der Waals surface area contributed by atoms with Gasteiger partial charge in [0, 0.05) is 11.8 Å². The van der Waals surface area contributed by atoms with Crippen LogP contribution < -0.4 is 4.74 Å². The molecule has 0 unspecified atom stereocenters. The van der Waals surface area contributed by atoms with Crippen LogP contribution in [0.2, 0.25) is 0 Å². The van der Waals surface area contributed by atoms with Crippen molar-refractivity contribution in [1.82, 2.24) is 9.97 Å². The van der Waals surface area contributed by atoms with Gasteiger partial charge in [0.25, 0.3) is 5.69 Å². The molecule has 20 heavy (non-hydrogen) atoms. The molecule has 2 aromatic rings. The van der Waals surface area contributed by atoms with E-state index in [0.717, 1.165) is 0 Å². The maximum absolute atomic E-state index is 12.6. The molecule has 2 rings (SSSR count). The maximum atomic E-state index is 12.6. The maximum Gasteiger partial charge on any atom is 0.278 e. The highest BCUT2D eigenvalue weighted by molar-refractivity contribution is 5.47. The summed E-state index contributed by atoms with van der Waals surface area (Å²) >= 11 is 0. The van der Waals surface area contributed by atoms with Gasteiger partial charge in [0.05, 0.1) is 22.4 Å². The predicted molar refractivity (Wildman–Crippen MR) is 68.9 cm³/mol. The summed E-state index contributed by atoms with van der Waals surface area (Å²) in [5.74, 6) is -0.228. The van der Waals surface area contributed by atoms with Crippen LogP contribution in [-0.2, 0) is 6.61 Å². The Morgan fingerprint density at radius 1 is 1.30 bits per heavy atom. The average Bonchev–Trinajstić information content (AvgIpc) is 2.39. The van der Waals surface area contributed by atoms with Gasteiger partial charge in [0.1, 0.15) is 12.4 Å². The Balaban J connectivity index is 2.20. The Morgan fingerprint density at radius 2 is 2.05 bits per heavy atom. The van der Waals surface area contributed by atoms with E-state index in [2.05, 4.69) is 9.97 Å². The van der Waals surface area contributed by atoms with E-state index in [1.165, 1.54) is 24.5 Å². The zero-order valence-electron chi connectivity index (χ0n) is 11.0. The molecule has 0 atom stereocenters. The van der Waals surface area contributed by atoms with Gasteiger partial charge in [-0.25, -0.2) is 4.98 Å². The lowest BCUT2D eigenvalue weighted by molar-refractivity contribution is -0.386. The number of rotatable bonds is 4. The minimum absolute atomic E-state index is 0.0378. The lowest BCUT2D eigenvalue weighted by Gasteiger charge is -2.09. The van der Waals surface area contributed by atoms with E-state index in [4.69, 9.17) is 4.74 Å². The van der Waals surface area contributed by atoms with Crippen LogP contribution in [0.3, 0.4) is 0 Å². The Hall–Kier alpha value is -2.57. The number of ether oxygens (including phenoxy) is 1. The minimum Gasteiger partial charge on any atom is -0.486 e. The molecular weight excluding hydrogens is 265 g/mol. The standard InChI is InChI=1S/C13H12FN3O3/c1-8-5-15-11(9(2)13(8)17(18)19)7-20-10-3-4-12(14)16-6-10/h3-6H,7H2,1-2H3. The van der Waals surface area contributed by atoms with Crippen LogP contribution in [0.25, 0.3) is 0 Å². The largest absolute Gasteiger partial charge is 0.486 e. The lowest BCUT2D eigenvalue weighted by atomic mass is 10.1. The van der Waals surface area contributed by atoms with Crippen molar-refractivity contribution in [3.63, 3.8) is 0 Å². The fourth-order valence-corrected chi connectivity index (χ4v) is 1.79. The summed E-state index contributed by atoms with van der Waals surface area (Å²) < 4.78 is 18.0. The van der Waals surface area contributed by atoms with Crippen LogP contribution in [0.1, 0.15) is 16.8 Å². The predicted octanol–water partition coefficient (Wildman–Crippen LogP) is 2.72. The van der Waals surface area contributed by atoms with Crippen molar-refractivity contribution in [1.29, 1.82) is 0 Å². The summed E-state index contributed by atoms with van der Waals surface area (Å²) in [6, 6.07) is 2.60. The number of hydrogen-bond donors (Lipinski definition) is 0.